The summed E-state index contributed by atoms with van der Waals surface area (Å²) < 4.78 is 0. The van der Waals surface area contributed by atoms with E-state index >= 15 is 0 Å². The molecule has 0 radical (unpaired) electrons. The lowest BCUT2D eigenvalue weighted by molar-refractivity contribution is -0.118. The lowest BCUT2D eigenvalue weighted by atomic mass is 10.1. The molecule has 0 bridgehead atoms. The highest BCUT2D eigenvalue weighted by atomic mass is 32.2. The van der Waals surface area contributed by atoms with Crippen LogP contribution in [-0.4, -0.2) is 37.1 Å². The van der Waals surface area contributed by atoms with Crippen LogP contribution in [0.2, 0.25) is 0 Å². The molecule has 96 valence electrons. The van der Waals surface area contributed by atoms with E-state index in [1.165, 1.54) is 10.5 Å². The molecule has 18 heavy (non-hydrogen) atoms. The van der Waals surface area contributed by atoms with Crippen LogP contribution in [0.15, 0.2) is 29.2 Å². The van der Waals surface area contributed by atoms with Gasteiger partial charge in [0.1, 0.15) is 0 Å². The first-order valence-electron chi connectivity index (χ1n) is 5.86. The fraction of sp³-hybridized carbons (Fsp3) is 0.429. The molecule has 0 fully saturated rings. The number of hydrogen-bond acceptors (Lipinski definition) is 4. The Balaban J connectivity index is 2.35. The van der Waals surface area contributed by atoms with Crippen molar-refractivity contribution in [1.29, 1.82) is 5.26 Å². The van der Waals surface area contributed by atoms with Crippen LogP contribution in [0.3, 0.4) is 0 Å². The van der Waals surface area contributed by atoms with E-state index in [4.69, 9.17) is 5.26 Å². The van der Waals surface area contributed by atoms with Gasteiger partial charge >= 0.3 is 0 Å². The first kappa shape index (κ1) is 14.7. The van der Waals surface area contributed by atoms with Crippen LogP contribution in [-0.2, 0) is 11.2 Å². The van der Waals surface area contributed by atoms with Crippen molar-refractivity contribution >= 4 is 17.5 Å². The molecular weight excluding hydrogens is 244 g/mol. The fourth-order valence-corrected chi connectivity index (χ4v) is 2.04. The Morgan fingerprint density at radius 3 is 2.61 bits per heavy atom. The number of rotatable bonds is 7. The number of nitriles is 1. The van der Waals surface area contributed by atoms with Gasteiger partial charge in [-0.15, -0.1) is 11.8 Å². The minimum Gasteiger partial charge on any atom is -0.299 e. The summed E-state index contributed by atoms with van der Waals surface area (Å²) in [5.41, 5.74) is 1.27. The number of thioether (sulfide) groups is 1. The maximum Gasteiger partial charge on any atom is 0.160 e. The molecule has 0 saturated carbocycles. The Hall–Kier alpha value is -1.31. The number of Topliss-reactive ketones (excluding diaryl/α,β-unsaturated/α-hetero) is 1. The van der Waals surface area contributed by atoms with Gasteiger partial charge in [-0.05, 0) is 37.4 Å². The zero-order chi connectivity index (χ0) is 13.4. The second kappa shape index (κ2) is 7.91. The summed E-state index contributed by atoms with van der Waals surface area (Å²) in [7, 11) is 1.91. The van der Waals surface area contributed by atoms with Gasteiger partial charge in [0.25, 0.3) is 0 Å². The minimum atomic E-state index is -0.0160. The van der Waals surface area contributed by atoms with E-state index in [9.17, 15) is 4.79 Å². The van der Waals surface area contributed by atoms with Gasteiger partial charge in [0, 0.05) is 11.4 Å². The molecule has 1 aromatic carbocycles. The van der Waals surface area contributed by atoms with Crippen molar-refractivity contribution in [3.63, 3.8) is 0 Å². The molecule has 0 spiro atoms. The Morgan fingerprint density at radius 1 is 1.39 bits per heavy atom. The number of carbonyl (C=O) groups excluding carboxylic acids is 1. The van der Waals surface area contributed by atoms with Crippen molar-refractivity contribution in [2.24, 2.45) is 0 Å². The second-order valence-corrected chi connectivity index (χ2v) is 5.09. The van der Waals surface area contributed by atoms with E-state index in [2.05, 4.69) is 30.5 Å². The van der Waals surface area contributed by atoms with Crippen molar-refractivity contribution in [2.45, 2.75) is 17.7 Å². The topological polar surface area (TPSA) is 44.1 Å². The Morgan fingerprint density at radius 2 is 2.06 bits per heavy atom. The molecule has 0 N–H and O–H groups in total. The normalized spacial score (nSPS) is 10.3. The van der Waals surface area contributed by atoms with Gasteiger partial charge in [0.2, 0.25) is 0 Å². The first-order valence-corrected chi connectivity index (χ1v) is 7.08. The van der Waals surface area contributed by atoms with Crippen LogP contribution in [0, 0.1) is 11.3 Å². The average Bonchev–Trinajstić information content (AvgIpc) is 2.37. The predicted octanol–water partition coefficient (Wildman–Crippen LogP) is 2.37. The van der Waals surface area contributed by atoms with E-state index in [0.717, 1.165) is 13.0 Å². The highest BCUT2D eigenvalue weighted by Gasteiger charge is 2.06. The molecule has 1 aromatic rings. The number of hydrogen-bond donors (Lipinski definition) is 0. The number of ketones is 1. The first-order chi connectivity index (χ1) is 8.65. The third kappa shape index (κ3) is 5.35. The van der Waals surface area contributed by atoms with Gasteiger partial charge in [-0.2, -0.15) is 5.26 Å². The molecule has 3 nitrogen and oxygen atoms in total. The van der Waals surface area contributed by atoms with Crippen molar-refractivity contribution in [3.05, 3.63) is 29.8 Å². The minimum absolute atomic E-state index is 0.00671. The molecule has 1 rings (SSSR count). The molecule has 0 atom stereocenters. The van der Waals surface area contributed by atoms with Crippen LogP contribution in [0.4, 0.5) is 0 Å². The Kier molecular flexibility index (Phi) is 6.48. The maximum atomic E-state index is 11.3. The standard InChI is InChI=1S/C14H18N2OS/c1-16(11-13(17)7-9-15)10-8-12-3-5-14(18-2)6-4-12/h3-6H,7-8,10-11H2,1-2H3. The van der Waals surface area contributed by atoms with Gasteiger partial charge in [0.05, 0.1) is 19.0 Å². The smallest absolute Gasteiger partial charge is 0.160 e. The lowest BCUT2D eigenvalue weighted by Crippen LogP contribution is -2.27. The number of nitrogens with zero attached hydrogens (tertiary/aromatic N) is 2. The van der Waals surface area contributed by atoms with Crippen LogP contribution in [0.25, 0.3) is 0 Å². The highest BCUT2D eigenvalue weighted by Crippen LogP contribution is 2.15. The summed E-state index contributed by atoms with van der Waals surface area (Å²) in [5.74, 6) is -0.0160. The van der Waals surface area contributed by atoms with Crippen molar-refractivity contribution in [2.75, 3.05) is 26.4 Å². The van der Waals surface area contributed by atoms with E-state index in [1.54, 1.807) is 11.8 Å². The third-order valence-electron chi connectivity index (χ3n) is 2.66. The summed E-state index contributed by atoms with van der Waals surface area (Å²) in [6.07, 6.45) is 2.99. The van der Waals surface area contributed by atoms with Crippen LogP contribution in [0.5, 0.6) is 0 Å². The highest BCUT2D eigenvalue weighted by molar-refractivity contribution is 7.98. The van der Waals surface area contributed by atoms with E-state index in [0.29, 0.717) is 6.54 Å². The van der Waals surface area contributed by atoms with Crippen molar-refractivity contribution < 1.29 is 4.79 Å². The number of likely N-dealkylation sites (N-methyl/N-ethyl adjacent to an activating group) is 1. The number of benzene rings is 1. The zero-order valence-corrected chi connectivity index (χ0v) is 11.7. The predicted molar refractivity (Wildman–Crippen MR) is 74.7 cm³/mol. The molecule has 0 aliphatic carbocycles. The molecule has 4 heteroatoms. The molecule has 0 amide bonds. The fourth-order valence-electron chi connectivity index (χ4n) is 1.64. The van der Waals surface area contributed by atoms with Gasteiger partial charge in [-0.3, -0.25) is 9.69 Å². The zero-order valence-electron chi connectivity index (χ0n) is 10.8. The van der Waals surface area contributed by atoms with Gasteiger partial charge < -0.3 is 0 Å². The third-order valence-corrected chi connectivity index (χ3v) is 3.41. The average molecular weight is 262 g/mol. The largest absolute Gasteiger partial charge is 0.299 e. The molecule has 0 aliphatic heterocycles. The molecular formula is C14H18N2OS. The second-order valence-electron chi connectivity index (χ2n) is 4.21. The monoisotopic (exact) mass is 262 g/mol. The summed E-state index contributed by atoms with van der Waals surface area (Å²) in [5, 5.41) is 8.42. The summed E-state index contributed by atoms with van der Waals surface area (Å²) >= 11 is 1.73. The Bertz CT molecular complexity index is 422. The molecule has 0 aromatic heterocycles. The van der Waals surface area contributed by atoms with Crippen molar-refractivity contribution in [3.8, 4) is 6.07 Å². The Labute approximate surface area is 113 Å². The molecule has 0 aliphatic rings. The van der Waals surface area contributed by atoms with Crippen LogP contribution >= 0.6 is 11.8 Å². The van der Waals surface area contributed by atoms with Gasteiger partial charge in [0.15, 0.2) is 5.78 Å². The summed E-state index contributed by atoms with van der Waals surface area (Å²) in [6.45, 7) is 1.19. The van der Waals surface area contributed by atoms with Gasteiger partial charge in [-0.1, -0.05) is 12.1 Å². The van der Waals surface area contributed by atoms with E-state index < -0.39 is 0 Å². The summed E-state index contributed by atoms with van der Waals surface area (Å²) in [6, 6.07) is 10.3. The lowest BCUT2D eigenvalue weighted by Gasteiger charge is -2.14. The quantitative estimate of drug-likeness (QED) is 0.708. The van der Waals surface area contributed by atoms with Crippen molar-refractivity contribution in [1.82, 2.24) is 4.90 Å². The van der Waals surface area contributed by atoms with Gasteiger partial charge in [-0.25, -0.2) is 0 Å². The van der Waals surface area contributed by atoms with Crippen LogP contribution in [0.1, 0.15) is 12.0 Å². The molecule has 0 saturated heterocycles. The number of carbonyl (C=O) groups is 1. The SMILES string of the molecule is CSc1ccc(CCN(C)CC(=O)CC#N)cc1. The van der Waals surface area contributed by atoms with E-state index in [1.807, 2.05) is 18.0 Å². The van der Waals surface area contributed by atoms with Crippen LogP contribution < -0.4 is 0 Å². The molecule has 0 unspecified atom stereocenters. The summed E-state index contributed by atoms with van der Waals surface area (Å²) in [4.78, 5) is 14.5. The molecule has 0 heterocycles. The van der Waals surface area contributed by atoms with E-state index in [-0.39, 0.29) is 12.2 Å². The maximum absolute atomic E-state index is 11.3.